The molecule has 1 saturated heterocycles. The zero-order valence-electron chi connectivity index (χ0n) is 13.1. The van der Waals surface area contributed by atoms with Gasteiger partial charge in [0, 0.05) is 10.6 Å². The van der Waals surface area contributed by atoms with Gasteiger partial charge < -0.3 is 5.32 Å². The van der Waals surface area contributed by atoms with Crippen LogP contribution in [0.4, 0.5) is 17.1 Å². The van der Waals surface area contributed by atoms with E-state index >= 15 is 0 Å². The van der Waals surface area contributed by atoms with Crippen LogP contribution in [0.2, 0.25) is 0 Å². The molecule has 0 aromatic heterocycles. The average Bonchev–Trinajstić information content (AvgIpc) is 2.96. The summed E-state index contributed by atoms with van der Waals surface area (Å²) in [5, 5.41) is 22.6. The molecule has 2 aromatic rings. The Morgan fingerprint density at radius 2 is 1.62 bits per heavy atom. The molecular formula is C16H18N6O2. The minimum Gasteiger partial charge on any atom is -0.363 e. The number of hydrogen-bond donors (Lipinski definition) is 3. The molecular weight excluding hydrogens is 308 g/mol. The summed E-state index contributed by atoms with van der Waals surface area (Å²) in [5.74, 6) is 0. The molecule has 0 aliphatic carbocycles. The molecule has 3 rings (SSSR count). The van der Waals surface area contributed by atoms with Gasteiger partial charge in [-0.15, -0.1) is 0 Å². The Balaban J connectivity index is 1.65. The Morgan fingerprint density at radius 1 is 1.00 bits per heavy atom. The van der Waals surface area contributed by atoms with Gasteiger partial charge in [0.25, 0.3) is 6.04 Å². The Hall–Kier alpha value is -2.84. The monoisotopic (exact) mass is 326 g/mol. The van der Waals surface area contributed by atoms with Crippen molar-refractivity contribution in [2.45, 2.75) is 25.2 Å². The summed E-state index contributed by atoms with van der Waals surface area (Å²) in [6.07, 6.45) is -0.480. The molecule has 2 aromatic carbocycles. The second kappa shape index (κ2) is 7.16. The number of nitrogens with zero attached hydrogens (tertiary/aromatic N) is 3. The lowest BCUT2D eigenvalue weighted by atomic mass is 10.1. The number of rotatable bonds is 5. The van der Waals surface area contributed by atoms with Crippen LogP contribution in [0.3, 0.4) is 0 Å². The third-order valence-corrected chi connectivity index (χ3v) is 3.79. The third kappa shape index (κ3) is 3.73. The molecule has 3 atom stereocenters. The van der Waals surface area contributed by atoms with E-state index in [-0.39, 0.29) is 11.0 Å². The Morgan fingerprint density at radius 3 is 2.25 bits per heavy atom. The summed E-state index contributed by atoms with van der Waals surface area (Å²) < 4.78 is 0. The minimum atomic E-state index is -0.748. The van der Waals surface area contributed by atoms with Gasteiger partial charge in [-0.1, -0.05) is 18.2 Å². The Kier molecular flexibility index (Phi) is 4.78. The largest absolute Gasteiger partial charge is 0.363 e. The highest BCUT2D eigenvalue weighted by atomic mass is 16.6. The van der Waals surface area contributed by atoms with Crippen molar-refractivity contribution in [2.75, 3.05) is 5.32 Å². The molecule has 124 valence electrons. The van der Waals surface area contributed by atoms with Crippen LogP contribution in [0.5, 0.6) is 0 Å². The highest BCUT2D eigenvalue weighted by Crippen LogP contribution is 2.21. The molecule has 1 fully saturated rings. The van der Waals surface area contributed by atoms with Crippen LogP contribution in [0.15, 0.2) is 64.8 Å². The van der Waals surface area contributed by atoms with E-state index in [0.717, 1.165) is 11.4 Å². The van der Waals surface area contributed by atoms with Crippen molar-refractivity contribution in [2.24, 2.45) is 10.2 Å². The smallest absolute Gasteiger partial charge is 0.263 e. The zero-order valence-corrected chi connectivity index (χ0v) is 13.1. The second-order valence-electron chi connectivity index (χ2n) is 5.56. The third-order valence-electron chi connectivity index (χ3n) is 3.79. The molecule has 3 N–H and O–H groups in total. The number of benzene rings is 2. The molecule has 0 radical (unpaired) electrons. The molecule has 8 nitrogen and oxygen atoms in total. The first kappa shape index (κ1) is 16.0. The maximum Gasteiger partial charge on any atom is 0.263 e. The predicted molar refractivity (Wildman–Crippen MR) is 91.0 cm³/mol. The predicted octanol–water partition coefficient (Wildman–Crippen LogP) is 2.98. The van der Waals surface area contributed by atoms with Crippen molar-refractivity contribution in [3.05, 3.63) is 64.7 Å². The number of hydrogen-bond acceptors (Lipinski definition) is 7. The first-order chi connectivity index (χ1) is 11.6. The number of nitro groups is 1. The Bertz CT molecular complexity index is 719. The van der Waals surface area contributed by atoms with Crippen molar-refractivity contribution in [1.29, 1.82) is 0 Å². The van der Waals surface area contributed by atoms with Gasteiger partial charge in [-0.2, -0.15) is 10.2 Å². The summed E-state index contributed by atoms with van der Waals surface area (Å²) >= 11 is 0. The van der Waals surface area contributed by atoms with Gasteiger partial charge >= 0.3 is 0 Å². The minimum absolute atomic E-state index is 0.253. The van der Waals surface area contributed by atoms with E-state index in [0.29, 0.717) is 5.69 Å². The quantitative estimate of drug-likeness (QED) is 0.445. The van der Waals surface area contributed by atoms with Gasteiger partial charge in [0.2, 0.25) is 0 Å². The number of nitrogens with one attached hydrogen (secondary N) is 3. The van der Waals surface area contributed by atoms with Crippen LogP contribution in [-0.2, 0) is 0 Å². The van der Waals surface area contributed by atoms with Crippen LogP contribution in [0, 0.1) is 10.1 Å². The van der Waals surface area contributed by atoms with Crippen molar-refractivity contribution in [1.82, 2.24) is 10.9 Å². The number of azo groups is 1. The fraction of sp³-hybridized carbons (Fsp3) is 0.250. The standard InChI is InChI=1S/C16H18N6O2/c1-11-15(22(23)24)16(21-18-11)17-12-7-9-14(10-8-12)20-19-13-5-3-2-4-6-13/h2-11,15-18,21H,1H3. The Labute approximate surface area is 139 Å². The molecule has 1 aliphatic rings. The normalized spacial score (nSPS) is 23.5. The van der Waals surface area contributed by atoms with E-state index < -0.39 is 12.2 Å². The summed E-state index contributed by atoms with van der Waals surface area (Å²) in [4.78, 5) is 10.9. The summed E-state index contributed by atoms with van der Waals surface area (Å²) in [6.45, 7) is 1.77. The fourth-order valence-corrected chi connectivity index (χ4v) is 2.52. The lowest BCUT2D eigenvalue weighted by Gasteiger charge is -2.16. The first-order valence-corrected chi connectivity index (χ1v) is 7.61. The van der Waals surface area contributed by atoms with Gasteiger partial charge in [-0.05, 0) is 43.3 Å². The maximum absolute atomic E-state index is 11.1. The molecule has 1 aliphatic heterocycles. The summed E-state index contributed by atoms with van der Waals surface area (Å²) in [6, 6.07) is 15.7. The highest BCUT2D eigenvalue weighted by Gasteiger charge is 2.42. The average molecular weight is 326 g/mol. The van der Waals surface area contributed by atoms with Gasteiger partial charge in [0.1, 0.15) is 0 Å². The van der Waals surface area contributed by atoms with Crippen molar-refractivity contribution in [3.63, 3.8) is 0 Å². The van der Waals surface area contributed by atoms with E-state index in [1.54, 1.807) is 6.92 Å². The number of hydrazine groups is 1. The molecule has 0 amide bonds. The van der Waals surface area contributed by atoms with Gasteiger partial charge in [0.05, 0.1) is 17.4 Å². The van der Waals surface area contributed by atoms with Crippen LogP contribution in [0.25, 0.3) is 0 Å². The van der Waals surface area contributed by atoms with Crippen molar-refractivity contribution >= 4 is 17.1 Å². The van der Waals surface area contributed by atoms with E-state index in [9.17, 15) is 10.1 Å². The molecule has 0 spiro atoms. The van der Waals surface area contributed by atoms with E-state index in [2.05, 4.69) is 26.4 Å². The van der Waals surface area contributed by atoms with Gasteiger partial charge in [0.15, 0.2) is 6.17 Å². The van der Waals surface area contributed by atoms with Gasteiger partial charge in [-0.25, -0.2) is 10.9 Å². The van der Waals surface area contributed by atoms with Crippen LogP contribution in [0.1, 0.15) is 6.92 Å². The summed E-state index contributed by atoms with van der Waals surface area (Å²) in [5.41, 5.74) is 8.05. The van der Waals surface area contributed by atoms with Crippen LogP contribution in [-0.4, -0.2) is 23.2 Å². The molecule has 1 heterocycles. The topological polar surface area (TPSA) is 104 Å². The second-order valence-corrected chi connectivity index (χ2v) is 5.56. The molecule has 3 unspecified atom stereocenters. The van der Waals surface area contributed by atoms with Crippen molar-refractivity contribution in [3.8, 4) is 0 Å². The fourth-order valence-electron chi connectivity index (χ4n) is 2.52. The number of anilines is 1. The molecule has 0 bridgehead atoms. The van der Waals surface area contributed by atoms with Gasteiger partial charge in [-0.3, -0.25) is 10.1 Å². The van der Waals surface area contributed by atoms with E-state index in [1.165, 1.54) is 0 Å². The van der Waals surface area contributed by atoms with Crippen LogP contribution >= 0.6 is 0 Å². The lowest BCUT2D eigenvalue weighted by molar-refractivity contribution is -0.524. The molecule has 24 heavy (non-hydrogen) atoms. The molecule has 8 heteroatoms. The van der Waals surface area contributed by atoms with E-state index in [1.807, 2.05) is 54.6 Å². The zero-order chi connectivity index (χ0) is 16.9. The lowest BCUT2D eigenvalue weighted by Crippen LogP contribution is -2.44. The first-order valence-electron chi connectivity index (χ1n) is 7.61. The van der Waals surface area contributed by atoms with Crippen LogP contribution < -0.4 is 16.2 Å². The van der Waals surface area contributed by atoms with E-state index in [4.69, 9.17) is 0 Å². The maximum atomic E-state index is 11.1. The summed E-state index contributed by atoms with van der Waals surface area (Å²) in [7, 11) is 0. The van der Waals surface area contributed by atoms with Crippen molar-refractivity contribution < 1.29 is 4.92 Å². The highest BCUT2D eigenvalue weighted by molar-refractivity contribution is 5.51. The molecule has 0 saturated carbocycles. The SMILES string of the molecule is CC1NNC(Nc2ccc(N=Nc3ccccc3)cc2)C1[N+](=O)[O-].